The minimum atomic E-state index is -0.300. The number of carbonyl (C=O) groups is 1. The Kier molecular flexibility index (Phi) is 5.09. The summed E-state index contributed by atoms with van der Waals surface area (Å²) >= 11 is 1.54. The van der Waals surface area contributed by atoms with E-state index in [0.717, 1.165) is 4.88 Å². The van der Waals surface area contributed by atoms with Crippen LogP contribution < -0.4 is 10.9 Å². The number of carbonyl (C=O) groups excluding carboxylic acids is 1. The van der Waals surface area contributed by atoms with Crippen molar-refractivity contribution in [3.63, 3.8) is 0 Å². The molecule has 2 aromatic heterocycles. The quantitative estimate of drug-likeness (QED) is 0.760. The predicted octanol–water partition coefficient (Wildman–Crippen LogP) is 3.73. The average Bonchev–Trinajstić information content (AvgIpc) is 3.12. The predicted molar refractivity (Wildman–Crippen MR) is 101 cm³/mol. The van der Waals surface area contributed by atoms with E-state index in [0.29, 0.717) is 17.3 Å². The second-order valence-electron chi connectivity index (χ2n) is 6.02. The zero-order valence-corrected chi connectivity index (χ0v) is 14.9. The lowest BCUT2D eigenvalue weighted by atomic mass is 10.0. The van der Waals surface area contributed by atoms with Gasteiger partial charge in [-0.15, -0.1) is 11.3 Å². The maximum atomic E-state index is 12.2. The Hall–Kier alpha value is -2.73. The lowest BCUT2D eigenvalue weighted by Gasteiger charge is -2.09. The van der Waals surface area contributed by atoms with Crippen molar-refractivity contribution in [3.05, 3.63) is 69.8 Å². The van der Waals surface area contributed by atoms with Gasteiger partial charge in [0.1, 0.15) is 12.2 Å². The van der Waals surface area contributed by atoms with Crippen molar-refractivity contribution >= 4 is 22.9 Å². The van der Waals surface area contributed by atoms with Crippen LogP contribution in [0.5, 0.6) is 0 Å². The molecule has 0 aliphatic rings. The first-order valence-electron chi connectivity index (χ1n) is 8.05. The summed E-state index contributed by atoms with van der Waals surface area (Å²) in [4.78, 5) is 25.2. The molecule has 1 N–H and O–H groups in total. The fourth-order valence-electron chi connectivity index (χ4n) is 2.41. The van der Waals surface area contributed by atoms with Crippen molar-refractivity contribution in [2.24, 2.45) is 0 Å². The van der Waals surface area contributed by atoms with Crippen LogP contribution in [-0.4, -0.2) is 15.7 Å². The highest BCUT2D eigenvalue weighted by Gasteiger charge is 2.09. The molecule has 128 valence electrons. The van der Waals surface area contributed by atoms with Crippen LogP contribution in [0.2, 0.25) is 0 Å². The fraction of sp³-hybridized carbons (Fsp3) is 0.211. The largest absolute Gasteiger partial charge is 0.324 e. The fourth-order valence-corrected chi connectivity index (χ4v) is 3.10. The molecular weight excluding hydrogens is 334 g/mol. The van der Waals surface area contributed by atoms with E-state index in [1.54, 1.807) is 6.07 Å². The highest BCUT2D eigenvalue weighted by Crippen LogP contribution is 2.21. The van der Waals surface area contributed by atoms with E-state index < -0.39 is 0 Å². The minimum Gasteiger partial charge on any atom is -0.324 e. The Morgan fingerprint density at radius 2 is 1.92 bits per heavy atom. The minimum absolute atomic E-state index is 0.121. The Morgan fingerprint density at radius 3 is 2.56 bits per heavy atom. The normalized spacial score (nSPS) is 10.8. The Morgan fingerprint density at radius 1 is 1.16 bits per heavy atom. The molecule has 0 aliphatic carbocycles. The number of aromatic nitrogens is 2. The maximum absolute atomic E-state index is 12.2. The second kappa shape index (κ2) is 7.44. The van der Waals surface area contributed by atoms with Crippen molar-refractivity contribution in [2.45, 2.75) is 26.3 Å². The number of hydrogen-bond donors (Lipinski definition) is 1. The summed E-state index contributed by atoms with van der Waals surface area (Å²) in [7, 11) is 0. The molecule has 2 heterocycles. The number of nitrogens with one attached hydrogen (secondary N) is 1. The molecule has 25 heavy (non-hydrogen) atoms. The molecule has 0 saturated carbocycles. The van der Waals surface area contributed by atoms with E-state index in [9.17, 15) is 9.59 Å². The Balaban J connectivity index is 1.72. The van der Waals surface area contributed by atoms with Gasteiger partial charge in [0.15, 0.2) is 0 Å². The van der Waals surface area contributed by atoms with Crippen LogP contribution in [0.15, 0.2) is 58.7 Å². The van der Waals surface area contributed by atoms with Gasteiger partial charge in [-0.25, -0.2) is 4.68 Å². The van der Waals surface area contributed by atoms with Crippen LogP contribution in [0.25, 0.3) is 10.6 Å². The number of rotatable bonds is 5. The van der Waals surface area contributed by atoms with E-state index in [1.165, 1.54) is 27.6 Å². The maximum Gasteiger partial charge on any atom is 0.267 e. The van der Waals surface area contributed by atoms with Crippen LogP contribution in [0.3, 0.4) is 0 Å². The van der Waals surface area contributed by atoms with Crippen molar-refractivity contribution < 1.29 is 4.79 Å². The molecule has 3 rings (SSSR count). The summed E-state index contributed by atoms with van der Waals surface area (Å²) in [5, 5.41) is 9.03. The molecule has 0 saturated heterocycles. The van der Waals surface area contributed by atoms with Crippen molar-refractivity contribution in [2.75, 3.05) is 5.32 Å². The van der Waals surface area contributed by atoms with E-state index >= 15 is 0 Å². The van der Waals surface area contributed by atoms with E-state index in [1.807, 2.05) is 41.8 Å². The van der Waals surface area contributed by atoms with Crippen LogP contribution in [0.1, 0.15) is 25.3 Å². The van der Waals surface area contributed by atoms with E-state index in [-0.39, 0.29) is 18.0 Å². The standard InChI is InChI=1S/C19H19N3O2S/c1-13(2)14-5-7-15(8-6-14)20-18(23)12-22-19(24)10-9-16(21-22)17-4-3-11-25-17/h3-11,13H,12H2,1-2H3,(H,20,23). The summed E-state index contributed by atoms with van der Waals surface area (Å²) < 4.78 is 1.19. The highest BCUT2D eigenvalue weighted by molar-refractivity contribution is 7.13. The summed E-state index contributed by atoms with van der Waals surface area (Å²) in [5.74, 6) is 0.155. The van der Waals surface area contributed by atoms with Gasteiger partial charge >= 0.3 is 0 Å². The summed E-state index contributed by atoms with van der Waals surface area (Å²) in [6.07, 6.45) is 0. The van der Waals surface area contributed by atoms with Gasteiger partial charge < -0.3 is 5.32 Å². The lowest BCUT2D eigenvalue weighted by Crippen LogP contribution is -2.29. The third-order valence-corrected chi connectivity index (χ3v) is 4.69. The number of anilines is 1. The Bertz CT molecular complexity index is 913. The number of thiophene rings is 1. The van der Waals surface area contributed by atoms with E-state index in [2.05, 4.69) is 24.3 Å². The molecule has 0 fully saturated rings. The molecule has 5 nitrogen and oxygen atoms in total. The van der Waals surface area contributed by atoms with Crippen molar-refractivity contribution in [1.29, 1.82) is 0 Å². The summed E-state index contributed by atoms with van der Waals surface area (Å²) in [5.41, 5.74) is 2.30. The molecule has 0 bridgehead atoms. The lowest BCUT2D eigenvalue weighted by molar-refractivity contribution is -0.117. The van der Waals surface area contributed by atoms with Gasteiger partial charge in [0.25, 0.3) is 5.56 Å². The van der Waals surface area contributed by atoms with Gasteiger partial charge in [-0.05, 0) is 41.1 Å². The third kappa shape index (κ3) is 4.22. The second-order valence-corrected chi connectivity index (χ2v) is 6.96. The average molecular weight is 353 g/mol. The molecule has 0 aliphatic heterocycles. The van der Waals surface area contributed by atoms with Crippen LogP contribution >= 0.6 is 11.3 Å². The van der Waals surface area contributed by atoms with Crippen LogP contribution in [0.4, 0.5) is 5.69 Å². The highest BCUT2D eigenvalue weighted by atomic mass is 32.1. The Labute approximate surface area is 150 Å². The number of nitrogens with zero attached hydrogens (tertiary/aromatic N) is 2. The van der Waals surface area contributed by atoms with Gasteiger partial charge in [-0.2, -0.15) is 5.10 Å². The summed E-state index contributed by atoms with van der Waals surface area (Å²) in [6, 6.07) is 14.7. The molecule has 0 spiro atoms. The number of hydrogen-bond acceptors (Lipinski definition) is 4. The topological polar surface area (TPSA) is 64.0 Å². The van der Waals surface area contributed by atoms with Gasteiger partial charge in [-0.3, -0.25) is 9.59 Å². The molecule has 6 heteroatoms. The van der Waals surface area contributed by atoms with Crippen molar-refractivity contribution in [3.8, 4) is 10.6 Å². The molecule has 3 aromatic rings. The zero-order chi connectivity index (χ0) is 17.8. The molecule has 0 radical (unpaired) electrons. The number of benzene rings is 1. The summed E-state index contributed by atoms with van der Waals surface area (Å²) in [6.45, 7) is 4.11. The van der Waals surface area contributed by atoms with Gasteiger partial charge in [0, 0.05) is 11.8 Å². The van der Waals surface area contributed by atoms with Gasteiger partial charge in [0.2, 0.25) is 5.91 Å². The molecular formula is C19H19N3O2S. The zero-order valence-electron chi connectivity index (χ0n) is 14.1. The number of amides is 1. The van der Waals surface area contributed by atoms with E-state index in [4.69, 9.17) is 0 Å². The first-order chi connectivity index (χ1) is 12.0. The SMILES string of the molecule is CC(C)c1ccc(NC(=O)Cn2nc(-c3cccs3)ccc2=O)cc1. The monoisotopic (exact) mass is 353 g/mol. The molecule has 1 aromatic carbocycles. The first kappa shape index (κ1) is 17.1. The molecule has 1 amide bonds. The molecule has 0 unspecified atom stereocenters. The van der Waals surface area contributed by atoms with Crippen LogP contribution in [0, 0.1) is 0 Å². The van der Waals surface area contributed by atoms with Gasteiger partial charge in [0.05, 0.1) is 4.88 Å². The molecule has 0 atom stereocenters. The third-order valence-electron chi connectivity index (χ3n) is 3.79. The van der Waals surface area contributed by atoms with Crippen molar-refractivity contribution in [1.82, 2.24) is 9.78 Å². The van der Waals surface area contributed by atoms with Gasteiger partial charge in [-0.1, -0.05) is 32.0 Å². The smallest absolute Gasteiger partial charge is 0.267 e. The first-order valence-corrected chi connectivity index (χ1v) is 8.93. The van der Waals surface area contributed by atoms with Crippen LogP contribution in [-0.2, 0) is 11.3 Å².